The van der Waals surface area contributed by atoms with E-state index in [1.165, 1.54) is 12.7 Å². The summed E-state index contributed by atoms with van der Waals surface area (Å²) in [5.41, 5.74) is 4.77. The van der Waals surface area contributed by atoms with E-state index in [-0.39, 0.29) is 55.2 Å². The Morgan fingerprint density at radius 2 is 1.42 bits per heavy atom. The lowest BCUT2D eigenvalue weighted by atomic mass is 9.80. The Labute approximate surface area is 430 Å². The van der Waals surface area contributed by atoms with E-state index in [4.69, 9.17) is 33.0 Å². The third-order valence-corrected chi connectivity index (χ3v) is 15.9. The molecule has 74 heavy (non-hydrogen) atoms. The van der Waals surface area contributed by atoms with E-state index in [0.29, 0.717) is 17.9 Å². The van der Waals surface area contributed by atoms with E-state index < -0.39 is 38.1 Å². The molecular weight excluding hydrogens is 954 g/mol. The van der Waals surface area contributed by atoms with Crippen molar-refractivity contribution in [2.24, 2.45) is 0 Å². The van der Waals surface area contributed by atoms with Crippen LogP contribution in [0, 0.1) is 11.3 Å². The van der Waals surface area contributed by atoms with Gasteiger partial charge in [0.05, 0.1) is 58.8 Å². The first-order valence-corrected chi connectivity index (χ1v) is 25.9. The second kappa shape index (κ2) is 21.7. The molecule has 1 saturated heterocycles. The number of rotatable bonds is 20. The minimum atomic E-state index is -1.72. The summed E-state index contributed by atoms with van der Waals surface area (Å²) in [5.74, 6) is 1.01. The van der Waals surface area contributed by atoms with Crippen molar-refractivity contribution in [3.63, 3.8) is 0 Å². The fraction of sp³-hybridized carbons (Fsp3) is 0.293. The quantitative estimate of drug-likeness (QED) is 0.0333. The van der Waals surface area contributed by atoms with Crippen LogP contribution in [0.4, 0.5) is 0 Å². The number of carbonyl (C=O) groups is 1. The number of methoxy groups -OCH3 is 2. The van der Waals surface area contributed by atoms with Gasteiger partial charge in [0.15, 0.2) is 11.2 Å². The maximum atomic E-state index is 14.2. The molecule has 10 rings (SSSR count). The number of nitriles is 1. The van der Waals surface area contributed by atoms with Gasteiger partial charge in [-0.3, -0.25) is 19.6 Å². The molecule has 7 aromatic carbocycles. The fourth-order valence-corrected chi connectivity index (χ4v) is 12.1. The Morgan fingerprint density at radius 3 is 2.05 bits per heavy atom. The van der Waals surface area contributed by atoms with Gasteiger partial charge in [0.1, 0.15) is 35.8 Å². The smallest absolute Gasteiger partial charge is 0.300 e. The summed E-state index contributed by atoms with van der Waals surface area (Å²) in [4.78, 5) is 37.2. The van der Waals surface area contributed by atoms with Crippen molar-refractivity contribution in [2.45, 2.75) is 83.1 Å². The van der Waals surface area contributed by atoms with Crippen LogP contribution in [0.1, 0.15) is 69.0 Å². The van der Waals surface area contributed by atoms with Crippen LogP contribution in [0.3, 0.4) is 0 Å². The topological polar surface area (TPSA) is 164 Å². The lowest BCUT2D eigenvalue weighted by molar-refractivity contribution is -0.116. The summed E-state index contributed by atoms with van der Waals surface area (Å²) >= 11 is 0. The predicted molar refractivity (Wildman–Crippen MR) is 287 cm³/mol. The number of hydrogen-bond donors (Lipinski definition) is 1. The van der Waals surface area contributed by atoms with Gasteiger partial charge in [0.25, 0.3) is 14.1 Å². The first-order chi connectivity index (χ1) is 36.0. The molecule has 16 heteroatoms. The number of benzene rings is 7. The van der Waals surface area contributed by atoms with Crippen LogP contribution >= 0.6 is 8.53 Å². The highest BCUT2D eigenvalue weighted by Crippen LogP contribution is 2.51. The zero-order valence-corrected chi connectivity index (χ0v) is 43.1. The van der Waals surface area contributed by atoms with Crippen LogP contribution in [-0.4, -0.2) is 81.5 Å². The molecule has 3 heterocycles. The largest absolute Gasteiger partial charge is 0.497 e. The Balaban J connectivity index is 0.974. The molecule has 4 atom stereocenters. The molecular formula is C58H58N7O8P. The zero-order chi connectivity index (χ0) is 51.5. The molecule has 0 saturated carbocycles. The van der Waals surface area contributed by atoms with E-state index in [1.807, 2.05) is 97.1 Å². The molecule has 0 spiro atoms. The number of nitrogens with one attached hydrogen (secondary N) is 1. The summed E-state index contributed by atoms with van der Waals surface area (Å²) in [6.07, 6.45) is 1.31. The number of nitrogens with zero attached hydrogens (tertiary/aromatic N) is 6. The predicted octanol–water partition coefficient (Wildman–Crippen LogP) is 10.8. The minimum absolute atomic E-state index is 0.0316. The van der Waals surface area contributed by atoms with Gasteiger partial charge < -0.3 is 28.0 Å². The number of ether oxygens (including phenoxy) is 4. The molecule has 1 N–H and O–H groups in total. The Bertz CT molecular complexity index is 3440. The monoisotopic (exact) mass is 1010 g/mol. The highest BCUT2D eigenvalue weighted by atomic mass is 31.2. The Morgan fingerprint density at radius 1 is 0.797 bits per heavy atom. The number of fused-ring (bicyclic) bond motifs is 1. The number of aromatic nitrogens is 4. The van der Waals surface area contributed by atoms with Crippen LogP contribution in [0.15, 0.2) is 151 Å². The van der Waals surface area contributed by atoms with Gasteiger partial charge >= 0.3 is 0 Å². The SMILES string of the molecule is COc1ccc(C(OC[C@H]2O[C@@H](n3cnc4c(=O)n(NC(=O)Cc5ccc6ccc7cccc8ccc5c6c78)cnc43)C[C@@H]2OP(OCCC#N)N(C(C)C)C(C)C)(c2ccccc2)c2ccc(OC)cc2)cc1. The molecule has 0 bridgehead atoms. The summed E-state index contributed by atoms with van der Waals surface area (Å²) in [7, 11) is 1.55. The first-order valence-electron chi connectivity index (χ1n) is 24.8. The second-order valence-electron chi connectivity index (χ2n) is 18.9. The summed E-state index contributed by atoms with van der Waals surface area (Å²) < 4.78 is 44.1. The molecule has 1 aliphatic heterocycles. The van der Waals surface area contributed by atoms with Crippen molar-refractivity contribution in [3.05, 3.63) is 179 Å². The number of carbonyl (C=O) groups excluding carboxylic acids is 1. The second-order valence-corrected chi connectivity index (χ2v) is 20.3. The van der Waals surface area contributed by atoms with Crippen molar-refractivity contribution in [2.75, 3.05) is 32.9 Å². The zero-order valence-electron chi connectivity index (χ0n) is 42.2. The van der Waals surface area contributed by atoms with Crippen LogP contribution < -0.4 is 20.5 Å². The Kier molecular flexibility index (Phi) is 14.7. The highest BCUT2D eigenvalue weighted by molar-refractivity contribution is 7.44. The molecule has 1 unspecified atom stereocenters. The summed E-state index contributed by atoms with van der Waals surface area (Å²) in [6.45, 7) is 8.56. The standard InChI is InChI=1S/C58H58N7O8P/c1-37(2)65(38(3)4)74(71-31-11-30-59)73-49-33-52(72-50(49)34-70-58(43-14-8-7-9-15-43,44-21-25-46(68-5)26-22-44)45-23-27-47(69-6)28-24-45)63-35-60-55-56(63)61-36-64(57(55)67)62-51(66)32-42-19-18-41-17-16-39-12-10-13-40-20-29-48(42)54(41)53(39)40/h7-10,12-29,35-38,49-50,52H,11,31-34H2,1-6H3,(H,62,66)/t49-,50+,52+,74?/m0/s1. The molecule has 378 valence electrons. The normalized spacial score (nSPS) is 16.5. The maximum Gasteiger partial charge on any atom is 0.300 e. The van der Waals surface area contributed by atoms with Crippen LogP contribution in [0.5, 0.6) is 11.5 Å². The number of amides is 1. The third kappa shape index (κ3) is 9.68. The molecule has 1 aliphatic rings. The lowest BCUT2D eigenvalue weighted by Gasteiger charge is -2.39. The molecule has 1 fully saturated rings. The van der Waals surface area contributed by atoms with Gasteiger partial charge in [-0.2, -0.15) is 5.26 Å². The van der Waals surface area contributed by atoms with E-state index in [1.54, 1.807) is 18.8 Å². The molecule has 0 aliphatic carbocycles. The molecule has 9 aromatic rings. The van der Waals surface area contributed by atoms with Gasteiger partial charge in [0, 0.05) is 18.5 Å². The molecule has 1 amide bonds. The molecule has 2 aromatic heterocycles. The fourth-order valence-electron chi connectivity index (χ4n) is 10.3. The number of hydrogen-bond acceptors (Lipinski definition) is 12. The molecule has 15 nitrogen and oxygen atoms in total. The van der Waals surface area contributed by atoms with Gasteiger partial charge in [0.2, 0.25) is 5.91 Å². The van der Waals surface area contributed by atoms with Crippen molar-refractivity contribution in [3.8, 4) is 17.6 Å². The minimum Gasteiger partial charge on any atom is -0.497 e. The summed E-state index contributed by atoms with van der Waals surface area (Å²) in [6, 6.07) is 46.6. The maximum absolute atomic E-state index is 14.2. The Hall–Kier alpha value is -7.28. The van der Waals surface area contributed by atoms with Crippen molar-refractivity contribution in [1.82, 2.24) is 23.9 Å². The average molecular weight is 1010 g/mol. The van der Waals surface area contributed by atoms with Crippen LogP contribution in [-0.2, 0) is 35.3 Å². The van der Waals surface area contributed by atoms with E-state index in [2.05, 4.69) is 85.2 Å². The lowest BCUT2D eigenvalue weighted by Crippen LogP contribution is -2.39. The van der Waals surface area contributed by atoms with Crippen LogP contribution in [0.25, 0.3) is 43.5 Å². The van der Waals surface area contributed by atoms with Gasteiger partial charge in [-0.1, -0.05) is 109 Å². The summed E-state index contributed by atoms with van der Waals surface area (Å²) in [5, 5.41) is 16.1. The van der Waals surface area contributed by atoms with Crippen molar-refractivity contribution in [1.29, 1.82) is 5.26 Å². The number of imidazole rings is 1. The average Bonchev–Trinajstić information content (AvgIpc) is 4.04. The third-order valence-electron chi connectivity index (χ3n) is 13.7. The van der Waals surface area contributed by atoms with Crippen molar-refractivity contribution >= 4 is 57.9 Å². The van der Waals surface area contributed by atoms with Gasteiger partial charge in [-0.15, -0.1) is 0 Å². The highest BCUT2D eigenvalue weighted by Gasteiger charge is 2.45. The van der Waals surface area contributed by atoms with E-state index in [9.17, 15) is 14.9 Å². The first kappa shape index (κ1) is 50.3. The van der Waals surface area contributed by atoms with E-state index in [0.717, 1.165) is 59.2 Å². The molecule has 0 radical (unpaired) electrons. The van der Waals surface area contributed by atoms with Gasteiger partial charge in [-0.05, 0) is 107 Å². The van der Waals surface area contributed by atoms with E-state index >= 15 is 0 Å². The van der Waals surface area contributed by atoms with Gasteiger partial charge in [-0.25, -0.2) is 19.3 Å². The van der Waals surface area contributed by atoms with Crippen molar-refractivity contribution < 1.29 is 32.8 Å². The van der Waals surface area contributed by atoms with Crippen LogP contribution in [0.2, 0.25) is 0 Å².